The fraction of sp³-hybridized carbons (Fsp3) is 0.455. The summed E-state index contributed by atoms with van der Waals surface area (Å²) in [5.41, 5.74) is 0.849. The van der Waals surface area contributed by atoms with Gasteiger partial charge in [0, 0.05) is 12.6 Å². The van der Waals surface area contributed by atoms with Crippen LogP contribution >= 0.6 is 0 Å². The smallest absolute Gasteiger partial charge is 0.310 e. The van der Waals surface area contributed by atoms with Crippen molar-refractivity contribution in [3.63, 3.8) is 0 Å². The predicted molar refractivity (Wildman–Crippen MR) is 112 cm³/mol. The number of benzene rings is 2. The van der Waals surface area contributed by atoms with E-state index in [1.165, 1.54) is 0 Å². The summed E-state index contributed by atoms with van der Waals surface area (Å²) in [6.45, 7) is 4.01. The Morgan fingerprint density at radius 2 is 1.86 bits per heavy atom. The van der Waals surface area contributed by atoms with Crippen molar-refractivity contribution < 1.29 is 22.7 Å². The Morgan fingerprint density at radius 3 is 2.55 bits per heavy atom. The highest BCUT2D eigenvalue weighted by molar-refractivity contribution is 7.91. The maximum atomic E-state index is 12.7. The van der Waals surface area contributed by atoms with Gasteiger partial charge in [0.1, 0.15) is 0 Å². The molecule has 6 nitrogen and oxygen atoms in total. The Bertz CT molecular complexity index is 994. The molecule has 2 aromatic carbocycles. The Hall–Kier alpha value is -2.41. The molecule has 1 fully saturated rings. The molecule has 1 amide bonds. The van der Waals surface area contributed by atoms with Crippen LogP contribution in [0.15, 0.2) is 42.5 Å². The first-order valence-corrected chi connectivity index (χ1v) is 11.7. The van der Waals surface area contributed by atoms with Crippen LogP contribution in [0.25, 0.3) is 10.8 Å². The first kappa shape index (κ1) is 21.3. The lowest BCUT2D eigenvalue weighted by Gasteiger charge is -2.29. The maximum Gasteiger partial charge on any atom is 0.310 e. The molecule has 3 rings (SSSR count). The summed E-state index contributed by atoms with van der Waals surface area (Å²) in [7, 11) is -3.10. The molecule has 0 N–H and O–H groups in total. The zero-order chi connectivity index (χ0) is 21.0. The van der Waals surface area contributed by atoms with Crippen LogP contribution in [0.5, 0.6) is 0 Å². The molecule has 1 aliphatic rings. The van der Waals surface area contributed by atoms with Gasteiger partial charge >= 0.3 is 5.97 Å². The van der Waals surface area contributed by atoms with Gasteiger partial charge in [-0.1, -0.05) is 56.3 Å². The minimum Gasteiger partial charge on any atom is -0.455 e. The highest BCUT2D eigenvalue weighted by Gasteiger charge is 2.35. The zero-order valence-electron chi connectivity index (χ0n) is 16.8. The number of nitrogens with zero attached hydrogens (tertiary/aromatic N) is 1. The van der Waals surface area contributed by atoms with Crippen LogP contribution in [0.2, 0.25) is 0 Å². The van der Waals surface area contributed by atoms with Gasteiger partial charge in [-0.15, -0.1) is 0 Å². The van der Waals surface area contributed by atoms with Gasteiger partial charge in [-0.05, 0) is 28.7 Å². The molecule has 1 heterocycles. The molecule has 0 radical (unpaired) electrons. The summed E-state index contributed by atoms with van der Waals surface area (Å²) >= 11 is 0. The van der Waals surface area contributed by atoms with Crippen molar-refractivity contribution in [1.29, 1.82) is 0 Å². The highest BCUT2D eigenvalue weighted by Crippen LogP contribution is 2.21. The maximum absolute atomic E-state index is 12.7. The fourth-order valence-corrected chi connectivity index (χ4v) is 5.48. The number of carbonyl (C=O) groups excluding carboxylic acids is 2. The fourth-order valence-electron chi connectivity index (χ4n) is 3.75. The molecule has 0 aliphatic carbocycles. The summed E-state index contributed by atoms with van der Waals surface area (Å²) in [5.74, 6) is -0.547. The summed E-state index contributed by atoms with van der Waals surface area (Å²) in [5, 5.41) is 2.02. The molecular weight excluding hydrogens is 390 g/mol. The van der Waals surface area contributed by atoms with Crippen LogP contribution in [0.1, 0.15) is 25.8 Å². The van der Waals surface area contributed by atoms with Crippen molar-refractivity contribution in [1.82, 2.24) is 4.90 Å². The summed E-state index contributed by atoms with van der Waals surface area (Å²) < 4.78 is 28.9. The Labute approximate surface area is 171 Å². The van der Waals surface area contributed by atoms with Gasteiger partial charge in [-0.25, -0.2) is 8.42 Å². The second kappa shape index (κ2) is 8.95. The number of amides is 1. The molecule has 1 saturated heterocycles. The molecule has 0 bridgehead atoms. The summed E-state index contributed by atoms with van der Waals surface area (Å²) in [6.07, 6.45) is 0.515. The number of hydrogen-bond donors (Lipinski definition) is 0. The average Bonchev–Trinajstić information content (AvgIpc) is 3.04. The van der Waals surface area contributed by atoms with Gasteiger partial charge in [0.2, 0.25) is 0 Å². The van der Waals surface area contributed by atoms with Gasteiger partial charge in [0.05, 0.1) is 17.9 Å². The van der Waals surface area contributed by atoms with Crippen molar-refractivity contribution in [2.24, 2.45) is 5.92 Å². The normalized spacial score (nSPS) is 18.1. The number of sulfone groups is 1. The Morgan fingerprint density at radius 1 is 1.14 bits per heavy atom. The van der Waals surface area contributed by atoms with Crippen molar-refractivity contribution in [3.05, 3.63) is 48.0 Å². The van der Waals surface area contributed by atoms with E-state index >= 15 is 0 Å². The Balaban J connectivity index is 1.62. The van der Waals surface area contributed by atoms with Gasteiger partial charge in [-0.2, -0.15) is 0 Å². The van der Waals surface area contributed by atoms with E-state index in [0.29, 0.717) is 13.0 Å². The third-order valence-corrected chi connectivity index (χ3v) is 6.85. The van der Waals surface area contributed by atoms with Crippen LogP contribution in [0, 0.1) is 5.92 Å². The third kappa shape index (κ3) is 5.56. The minimum absolute atomic E-state index is 0.0184. The highest BCUT2D eigenvalue weighted by atomic mass is 32.2. The molecule has 0 unspecified atom stereocenters. The first-order chi connectivity index (χ1) is 13.7. The zero-order valence-corrected chi connectivity index (χ0v) is 17.7. The quantitative estimate of drug-likeness (QED) is 0.647. The van der Waals surface area contributed by atoms with Gasteiger partial charge in [0.25, 0.3) is 5.91 Å². The topological polar surface area (TPSA) is 80.8 Å². The number of rotatable bonds is 7. The predicted octanol–water partition coefficient (Wildman–Crippen LogP) is 2.60. The van der Waals surface area contributed by atoms with E-state index in [0.717, 1.165) is 16.3 Å². The van der Waals surface area contributed by atoms with Gasteiger partial charge in [-0.3, -0.25) is 9.59 Å². The van der Waals surface area contributed by atoms with Gasteiger partial charge in [0.15, 0.2) is 16.4 Å². The largest absolute Gasteiger partial charge is 0.455 e. The number of fused-ring (bicyclic) bond motifs is 1. The minimum atomic E-state index is -3.10. The van der Waals surface area contributed by atoms with E-state index < -0.39 is 15.8 Å². The lowest BCUT2D eigenvalue weighted by Crippen LogP contribution is -2.45. The molecule has 7 heteroatoms. The summed E-state index contributed by atoms with van der Waals surface area (Å²) in [4.78, 5) is 26.6. The lowest BCUT2D eigenvalue weighted by atomic mass is 10.0. The van der Waals surface area contributed by atoms with E-state index in [1.807, 2.05) is 56.3 Å². The molecule has 2 aromatic rings. The van der Waals surface area contributed by atoms with Crippen molar-refractivity contribution in [2.75, 3.05) is 24.7 Å². The molecular formula is C22H27NO5S. The van der Waals surface area contributed by atoms with Crippen molar-refractivity contribution >= 4 is 32.5 Å². The molecule has 156 valence electrons. The summed E-state index contributed by atoms with van der Waals surface area (Å²) in [6, 6.07) is 13.2. The Kier molecular flexibility index (Phi) is 6.57. The first-order valence-electron chi connectivity index (χ1n) is 9.87. The number of hydrogen-bond acceptors (Lipinski definition) is 5. The monoisotopic (exact) mass is 417 g/mol. The van der Waals surface area contributed by atoms with E-state index in [2.05, 4.69) is 0 Å². The number of esters is 1. The molecule has 0 spiro atoms. The number of ether oxygens (including phenoxy) is 1. The van der Waals surface area contributed by atoms with E-state index in [-0.39, 0.29) is 42.4 Å². The van der Waals surface area contributed by atoms with Crippen LogP contribution in [0.4, 0.5) is 0 Å². The standard InChI is InChI=1S/C22H27NO5S/c1-16(2)13-23(19-10-11-29(26,27)15-19)21(24)14-28-22(25)12-18-8-5-7-17-6-3-4-9-20(17)18/h3-9,16,19H,10-15H2,1-2H3/t19-/m1/s1. The van der Waals surface area contributed by atoms with Crippen LogP contribution in [0.3, 0.4) is 0 Å². The molecule has 0 aromatic heterocycles. The third-order valence-electron chi connectivity index (χ3n) is 5.10. The van der Waals surface area contributed by atoms with Crippen molar-refractivity contribution in [2.45, 2.75) is 32.7 Å². The SMILES string of the molecule is CC(C)CN(C(=O)COC(=O)Cc1cccc2ccccc12)[C@@H]1CCS(=O)(=O)C1. The average molecular weight is 418 g/mol. The molecule has 29 heavy (non-hydrogen) atoms. The van der Waals surface area contributed by atoms with Gasteiger partial charge < -0.3 is 9.64 Å². The van der Waals surface area contributed by atoms with Crippen LogP contribution in [-0.4, -0.2) is 55.9 Å². The van der Waals surface area contributed by atoms with E-state index in [9.17, 15) is 18.0 Å². The van der Waals surface area contributed by atoms with Crippen LogP contribution < -0.4 is 0 Å². The van der Waals surface area contributed by atoms with E-state index in [4.69, 9.17) is 4.74 Å². The second-order valence-corrected chi connectivity index (χ2v) is 10.2. The van der Waals surface area contributed by atoms with E-state index in [1.54, 1.807) is 4.90 Å². The molecule has 1 aliphatic heterocycles. The second-order valence-electron chi connectivity index (χ2n) is 7.97. The number of carbonyl (C=O) groups is 2. The lowest BCUT2D eigenvalue weighted by molar-refractivity contribution is -0.152. The molecule has 0 saturated carbocycles. The van der Waals surface area contributed by atoms with Crippen molar-refractivity contribution in [3.8, 4) is 0 Å². The van der Waals surface area contributed by atoms with Crippen LogP contribution in [-0.2, 0) is 30.6 Å². The molecule has 1 atom stereocenters.